The zero-order valence-electron chi connectivity index (χ0n) is 10.8. The molecule has 1 atom stereocenters. The molecule has 0 fully saturated rings. The third-order valence-electron chi connectivity index (χ3n) is 2.35. The Morgan fingerprint density at radius 1 is 1.29 bits per heavy atom. The number of aliphatic carboxylic acids is 1. The van der Waals surface area contributed by atoms with Crippen LogP contribution in [0.5, 0.6) is 0 Å². The van der Waals surface area contributed by atoms with E-state index in [-0.39, 0.29) is 6.42 Å². The van der Waals surface area contributed by atoms with Gasteiger partial charge in [-0.3, -0.25) is 0 Å². The first-order chi connectivity index (χ1) is 8.07. The van der Waals surface area contributed by atoms with Crippen molar-refractivity contribution < 1.29 is 15.6 Å². The lowest BCUT2D eigenvalue weighted by Gasteiger charge is -1.98. The van der Waals surface area contributed by atoms with Crippen LogP contribution in [0.4, 0.5) is 0 Å². The second kappa shape index (κ2) is 9.85. The number of hydrogen-bond donors (Lipinski definition) is 1. The second-order valence-electron chi connectivity index (χ2n) is 4.14. The van der Waals surface area contributed by atoms with E-state index in [1.54, 1.807) is 0 Å². The highest BCUT2D eigenvalue weighted by atomic mass is 16.4. The molecule has 0 unspecified atom stereocenters. The minimum absolute atomic E-state index is 0.216. The van der Waals surface area contributed by atoms with Gasteiger partial charge in [0.15, 0.2) is 0 Å². The van der Waals surface area contributed by atoms with Crippen LogP contribution in [0.2, 0.25) is 0 Å². The van der Waals surface area contributed by atoms with Gasteiger partial charge < -0.3 is 15.6 Å². The van der Waals surface area contributed by atoms with Gasteiger partial charge in [0.2, 0.25) is 0 Å². The number of carboxylic acids is 1. The van der Waals surface area contributed by atoms with Gasteiger partial charge in [-0.15, -0.1) is 0 Å². The summed E-state index contributed by atoms with van der Waals surface area (Å²) in [7, 11) is 0. The van der Waals surface area contributed by atoms with Gasteiger partial charge in [-0.2, -0.15) is 0 Å². The summed E-state index contributed by atoms with van der Waals surface area (Å²) in [4.78, 5) is 9.76. The van der Waals surface area contributed by atoms with Gasteiger partial charge in [0.1, 0.15) is 6.04 Å². The maximum Gasteiger partial charge on any atom is 0.107 e. The monoisotopic (exact) mass is 237 g/mol. The van der Waals surface area contributed by atoms with E-state index in [1.165, 1.54) is 5.56 Å². The lowest BCUT2D eigenvalue weighted by Crippen LogP contribution is -2.51. The molecule has 96 valence electrons. The van der Waals surface area contributed by atoms with Crippen molar-refractivity contribution in [2.45, 2.75) is 45.6 Å². The molecular formula is C14H23NO2. The quantitative estimate of drug-likeness (QED) is 0.784. The maximum atomic E-state index is 9.76. The number of rotatable bonds is 5. The smallest absolute Gasteiger partial charge is 0.107 e. The first-order valence-corrected chi connectivity index (χ1v) is 6.15. The van der Waals surface area contributed by atoms with Crippen LogP contribution < -0.4 is 10.8 Å². The predicted molar refractivity (Wildman–Crippen MR) is 66.9 cm³/mol. The van der Waals surface area contributed by atoms with Gasteiger partial charge in [-0.25, -0.2) is 0 Å². The molecular weight excluding hydrogens is 214 g/mol. The maximum absolute atomic E-state index is 9.76. The molecule has 0 amide bonds. The molecule has 0 saturated heterocycles. The minimum Gasteiger partial charge on any atom is -0.550 e. The van der Waals surface area contributed by atoms with E-state index in [4.69, 9.17) is 0 Å². The van der Waals surface area contributed by atoms with Crippen LogP contribution in [-0.2, 0) is 4.79 Å². The molecule has 0 aliphatic heterocycles. The van der Waals surface area contributed by atoms with Crippen molar-refractivity contribution in [3.05, 3.63) is 35.9 Å². The van der Waals surface area contributed by atoms with Gasteiger partial charge in [-0.1, -0.05) is 50.1 Å². The summed E-state index contributed by atoms with van der Waals surface area (Å²) in [6.07, 6.45) is 3.04. The number of hydrogen-bond acceptors (Lipinski definition) is 2. The van der Waals surface area contributed by atoms with E-state index in [1.807, 2.05) is 25.1 Å². The number of unbranched alkanes of at least 4 members (excludes halogenated alkanes) is 2. The molecule has 0 aliphatic rings. The number of benzene rings is 1. The first kappa shape index (κ1) is 15.7. The highest BCUT2D eigenvalue weighted by Gasteiger charge is 1.97. The fraction of sp³-hybridized carbons (Fsp3) is 0.500. The Morgan fingerprint density at radius 2 is 1.88 bits per heavy atom. The highest BCUT2D eigenvalue weighted by molar-refractivity contribution is 5.63. The van der Waals surface area contributed by atoms with Crippen LogP contribution in [0.15, 0.2) is 30.3 Å². The average Bonchev–Trinajstić information content (AvgIpc) is 2.31. The second-order valence-corrected chi connectivity index (χ2v) is 4.14. The van der Waals surface area contributed by atoms with Gasteiger partial charge in [0.25, 0.3) is 0 Å². The zero-order chi connectivity index (χ0) is 13.1. The van der Waals surface area contributed by atoms with Crippen LogP contribution in [0.1, 0.15) is 51.1 Å². The molecule has 0 bridgehead atoms. The van der Waals surface area contributed by atoms with E-state index < -0.39 is 5.97 Å². The van der Waals surface area contributed by atoms with Gasteiger partial charge in [0, 0.05) is 11.5 Å². The van der Waals surface area contributed by atoms with Crippen molar-refractivity contribution in [1.29, 1.82) is 0 Å². The number of carbonyl (C=O) groups is 1. The standard InChI is InChI=1S/C8H11N.C6H12O2/c1-7(9)8-5-3-2-4-6-8;1-2-3-4-5-6(7)8/h2-7H,9H2,1H3;2-5H2,1H3,(H,7,8)/t7-;/m0./s1. The fourth-order valence-corrected chi connectivity index (χ4v) is 1.30. The van der Waals surface area contributed by atoms with Crippen molar-refractivity contribution in [1.82, 2.24) is 0 Å². The van der Waals surface area contributed by atoms with Crippen LogP contribution in [0.25, 0.3) is 0 Å². The summed E-state index contributed by atoms with van der Waals surface area (Å²) in [6, 6.07) is 10.7. The van der Waals surface area contributed by atoms with Crippen LogP contribution in [0, 0.1) is 0 Å². The molecule has 17 heavy (non-hydrogen) atoms. The lowest BCUT2D eigenvalue weighted by molar-refractivity contribution is -0.420. The van der Waals surface area contributed by atoms with E-state index in [0.29, 0.717) is 6.04 Å². The number of quaternary nitrogens is 1. The average molecular weight is 237 g/mol. The molecule has 0 aromatic heterocycles. The van der Waals surface area contributed by atoms with E-state index in [9.17, 15) is 9.90 Å². The summed E-state index contributed by atoms with van der Waals surface area (Å²) in [5.74, 6) is -0.932. The molecule has 0 aliphatic carbocycles. The largest absolute Gasteiger partial charge is 0.550 e. The molecule has 0 spiro atoms. The Balaban J connectivity index is 0.000000304. The number of carbonyl (C=O) groups excluding carboxylic acids is 1. The normalized spacial score (nSPS) is 11.2. The fourth-order valence-electron chi connectivity index (χ4n) is 1.30. The SMILES string of the molecule is CCCCCC(=O)[O-].C[C@H]([NH3+])c1ccccc1. The Labute approximate surface area is 104 Å². The summed E-state index contributed by atoms with van der Waals surface area (Å²) in [6.45, 7) is 4.13. The Kier molecular flexibility index (Phi) is 9.06. The Bertz CT molecular complexity index is 296. The summed E-state index contributed by atoms with van der Waals surface area (Å²) < 4.78 is 0. The van der Waals surface area contributed by atoms with Crippen LogP contribution in [0.3, 0.4) is 0 Å². The summed E-state index contributed by atoms with van der Waals surface area (Å²) in [5, 5.41) is 9.76. The molecule has 1 aromatic rings. The topological polar surface area (TPSA) is 67.8 Å². The third-order valence-corrected chi connectivity index (χ3v) is 2.35. The van der Waals surface area contributed by atoms with Crippen molar-refractivity contribution in [2.75, 3.05) is 0 Å². The predicted octanol–water partition coefficient (Wildman–Crippen LogP) is 1.31. The van der Waals surface area contributed by atoms with Crippen molar-refractivity contribution in [3.63, 3.8) is 0 Å². The Hall–Kier alpha value is -1.35. The minimum atomic E-state index is -0.932. The summed E-state index contributed by atoms with van der Waals surface area (Å²) >= 11 is 0. The van der Waals surface area contributed by atoms with Crippen molar-refractivity contribution >= 4 is 5.97 Å². The van der Waals surface area contributed by atoms with E-state index in [2.05, 4.69) is 24.8 Å². The molecule has 0 radical (unpaired) electrons. The van der Waals surface area contributed by atoms with E-state index >= 15 is 0 Å². The lowest BCUT2D eigenvalue weighted by atomic mass is 10.1. The Morgan fingerprint density at radius 3 is 2.24 bits per heavy atom. The van der Waals surface area contributed by atoms with Crippen LogP contribution >= 0.6 is 0 Å². The summed E-state index contributed by atoms with van der Waals surface area (Å²) in [5.41, 5.74) is 5.21. The highest BCUT2D eigenvalue weighted by Crippen LogP contribution is 2.04. The van der Waals surface area contributed by atoms with Crippen molar-refractivity contribution in [3.8, 4) is 0 Å². The van der Waals surface area contributed by atoms with Crippen LogP contribution in [-0.4, -0.2) is 5.97 Å². The molecule has 0 heterocycles. The van der Waals surface area contributed by atoms with Gasteiger partial charge >= 0.3 is 0 Å². The molecule has 3 N–H and O–H groups in total. The van der Waals surface area contributed by atoms with Crippen molar-refractivity contribution in [2.24, 2.45) is 0 Å². The number of carboxylic acid groups (broad SMARTS) is 1. The molecule has 1 rings (SSSR count). The van der Waals surface area contributed by atoms with Gasteiger partial charge in [0.05, 0.1) is 0 Å². The third kappa shape index (κ3) is 9.57. The molecule has 3 heteroatoms. The molecule has 1 aromatic carbocycles. The molecule has 0 saturated carbocycles. The van der Waals surface area contributed by atoms with E-state index in [0.717, 1.165) is 19.3 Å². The van der Waals surface area contributed by atoms with Gasteiger partial charge in [-0.05, 0) is 19.8 Å². The first-order valence-electron chi connectivity index (χ1n) is 6.15. The molecule has 3 nitrogen and oxygen atoms in total. The zero-order valence-corrected chi connectivity index (χ0v) is 10.8.